The van der Waals surface area contributed by atoms with E-state index in [1.165, 1.54) is 17.9 Å². The summed E-state index contributed by atoms with van der Waals surface area (Å²) in [6.45, 7) is 1.50. The number of allylic oxidation sites excluding steroid dienone is 1. The van der Waals surface area contributed by atoms with Crippen LogP contribution in [0.25, 0.3) is 0 Å². The molecule has 2 aliphatic heterocycles. The largest absolute Gasteiger partial charge is 0.477 e. The van der Waals surface area contributed by atoms with E-state index in [9.17, 15) is 19.5 Å². The molecule has 0 spiro atoms. The number of rotatable bonds is 4. The Kier molecular flexibility index (Phi) is 3.15. The van der Waals surface area contributed by atoms with E-state index in [1.54, 1.807) is 0 Å². The molecule has 1 fully saturated rings. The van der Waals surface area contributed by atoms with Crippen LogP contribution < -0.4 is 5.73 Å². The lowest BCUT2D eigenvalue weighted by molar-refractivity contribution is -0.161. The van der Waals surface area contributed by atoms with Gasteiger partial charge in [0.2, 0.25) is 11.8 Å². The first kappa shape index (κ1) is 13.3. The maximum Gasteiger partial charge on any atom is 0.352 e. The normalized spacial score (nSPS) is 27.5. The molecule has 7 nitrogen and oxygen atoms in total. The summed E-state index contributed by atoms with van der Waals surface area (Å²) < 4.78 is 0. The maximum atomic E-state index is 11.8. The molecule has 0 bridgehead atoms. The minimum Gasteiger partial charge on any atom is -0.477 e. The van der Waals surface area contributed by atoms with Crippen molar-refractivity contribution in [3.8, 4) is 0 Å². The van der Waals surface area contributed by atoms with Crippen LogP contribution in [0.5, 0.6) is 0 Å². The summed E-state index contributed by atoms with van der Waals surface area (Å²) in [5, 5.41) is 18.7. The SMILES string of the molecule is C[C@@H](O)[C@H]1C(=O)N2C(C(=O)O)=C(/C=C\C(N)=O)C[C@H]12. The number of nitrogens with two attached hydrogens (primary N) is 1. The van der Waals surface area contributed by atoms with Crippen molar-refractivity contribution < 1.29 is 24.6 Å². The minimum absolute atomic E-state index is 0.135. The van der Waals surface area contributed by atoms with Crippen molar-refractivity contribution in [2.24, 2.45) is 11.7 Å². The number of primary amides is 1. The van der Waals surface area contributed by atoms with Crippen LogP contribution in [0.1, 0.15) is 13.3 Å². The van der Waals surface area contributed by atoms with Gasteiger partial charge in [-0.1, -0.05) is 6.08 Å². The third-order valence-electron chi connectivity index (χ3n) is 3.41. The van der Waals surface area contributed by atoms with E-state index in [-0.39, 0.29) is 11.7 Å². The van der Waals surface area contributed by atoms with Gasteiger partial charge < -0.3 is 20.8 Å². The van der Waals surface area contributed by atoms with Crippen LogP contribution in [0.4, 0.5) is 0 Å². The van der Waals surface area contributed by atoms with Gasteiger partial charge in [0.25, 0.3) is 0 Å². The molecule has 0 aliphatic carbocycles. The quantitative estimate of drug-likeness (QED) is 0.444. The van der Waals surface area contributed by atoms with Gasteiger partial charge in [0, 0.05) is 6.08 Å². The molecule has 2 amide bonds. The predicted molar refractivity (Wildman–Crippen MR) is 63.4 cm³/mol. The second-order valence-electron chi connectivity index (χ2n) is 4.66. The molecule has 0 radical (unpaired) electrons. The summed E-state index contributed by atoms with van der Waals surface area (Å²) in [6, 6.07) is -0.355. The highest BCUT2D eigenvalue weighted by molar-refractivity contribution is 6.00. The molecule has 2 rings (SSSR count). The van der Waals surface area contributed by atoms with Crippen LogP contribution in [0.3, 0.4) is 0 Å². The van der Waals surface area contributed by atoms with Crippen molar-refractivity contribution in [2.75, 3.05) is 0 Å². The third kappa shape index (κ3) is 2.01. The average Bonchev–Trinajstić information content (AvgIpc) is 2.60. The number of carboxylic acids is 1. The molecular weight excluding hydrogens is 252 g/mol. The molecule has 2 aliphatic rings. The van der Waals surface area contributed by atoms with Gasteiger partial charge in [-0.25, -0.2) is 4.79 Å². The Hall–Kier alpha value is -2.15. The van der Waals surface area contributed by atoms with Crippen molar-refractivity contribution in [2.45, 2.75) is 25.5 Å². The van der Waals surface area contributed by atoms with Crippen molar-refractivity contribution in [1.29, 1.82) is 0 Å². The van der Waals surface area contributed by atoms with E-state index < -0.39 is 29.8 Å². The molecule has 19 heavy (non-hydrogen) atoms. The standard InChI is InChI=1S/C12H14N2O5/c1-5(15)9-7-4-6(2-3-8(13)16)10(12(18)19)14(7)11(9)17/h2-3,5,7,9,15H,4H2,1H3,(H2,13,16)(H,18,19)/b3-2-/t5-,7-,9-/m1/s1. The highest BCUT2D eigenvalue weighted by Crippen LogP contribution is 2.43. The zero-order valence-corrected chi connectivity index (χ0v) is 10.2. The van der Waals surface area contributed by atoms with Gasteiger partial charge in [0.05, 0.1) is 18.1 Å². The Morgan fingerprint density at radius 2 is 2.16 bits per heavy atom. The van der Waals surface area contributed by atoms with E-state index in [4.69, 9.17) is 10.8 Å². The fraction of sp³-hybridized carbons (Fsp3) is 0.417. The topological polar surface area (TPSA) is 121 Å². The first-order valence-electron chi connectivity index (χ1n) is 5.79. The van der Waals surface area contributed by atoms with E-state index in [0.29, 0.717) is 12.0 Å². The van der Waals surface area contributed by atoms with Gasteiger partial charge in [0.1, 0.15) is 5.70 Å². The van der Waals surface area contributed by atoms with Crippen molar-refractivity contribution >= 4 is 17.8 Å². The fourth-order valence-electron chi connectivity index (χ4n) is 2.64. The minimum atomic E-state index is -1.23. The van der Waals surface area contributed by atoms with Crippen molar-refractivity contribution in [3.63, 3.8) is 0 Å². The number of hydrogen-bond donors (Lipinski definition) is 3. The predicted octanol–water partition coefficient (Wildman–Crippen LogP) is -1.02. The summed E-state index contributed by atoms with van der Waals surface area (Å²) in [6.07, 6.45) is 1.85. The molecule has 0 saturated carbocycles. The molecule has 4 N–H and O–H groups in total. The molecule has 0 aromatic rings. The summed E-state index contributed by atoms with van der Waals surface area (Å²) in [5.74, 6) is -2.91. The lowest BCUT2D eigenvalue weighted by Crippen LogP contribution is -2.61. The molecule has 102 valence electrons. The smallest absolute Gasteiger partial charge is 0.352 e. The van der Waals surface area contributed by atoms with Gasteiger partial charge in [-0.2, -0.15) is 0 Å². The molecule has 0 unspecified atom stereocenters. The van der Waals surface area contributed by atoms with E-state index in [1.807, 2.05) is 0 Å². The number of fused-ring (bicyclic) bond motifs is 1. The number of aliphatic hydroxyl groups excluding tert-OH is 1. The number of β-lactam (4-membered cyclic amide) rings is 1. The summed E-state index contributed by atoms with van der Waals surface area (Å²) in [4.78, 5) is 34.9. The Morgan fingerprint density at radius 1 is 1.53 bits per heavy atom. The van der Waals surface area contributed by atoms with Crippen LogP contribution in [-0.4, -0.2) is 45.0 Å². The van der Waals surface area contributed by atoms with Gasteiger partial charge in [0.15, 0.2) is 0 Å². The lowest BCUT2D eigenvalue weighted by Gasteiger charge is -2.44. The zero-order valence-electron chi connectivity index (χ0n) is 10.2. The highest BCUT2D eigenvalue weighted by atomic mass is 16.4. The van der Waals surface area contributed by atoms with E-state index in [0.717, 1.165) is 6.08 Å². The summed E-state index contributed by atoms with van der Waals surface area (Å²) in [5.41, 5.74) is 5.20. The number of aliphatic hydroxyl groups is 1. The number of aliphatic carboxylic acids is 1. The van der Waals surface area contributed by atoms with Crippen LogP contribution in [-0.2, 0) is 14.4 Å². The average molecular weight is 266 g/mol. The lowest BCUT2D eigenvalue weighted by atomic mass is 9.83. The van der Waals surface area contributed by atoms with Crippen molar-refractivity contribution in [3.05, 3.63) is 23.4 Å². The Morgan fingerprint density at radius 3 is 2.63 bits per heavy atom. The molecule has 0 aromatic carbocycles. The number of carbonyl (C=O) groups excluding carboxylic acids is 2. The maximum absolute atomic E-state index is 11.8. The number of amides is 2. The summed E-state index contributed by atoms with van der Waals surface area (Å²) in [7, 11) is 0. The second kappa shape index (κ2) is 4.51. The fourth-order valence-corrected chi connectivity index (χ4v) is 2.64. The van der Waals surface area contributed by atoms with Crippen LogP contribution in [0, 0.1) is 5.92 Å². The Bertz CT molecular complexity index is 520. The van der Waals surface area contributed by atoms with Gasteiger partial charge in [-0.05, 0) is 18.9 Å². The monoisotopic (exact) mass is 266 g/mol. The molecule has 3 atom stereocenters. The number of carbonyl (C=O) groups is 3. The van der Waals surface area contributed by atoms with Gasteiger partial charge in [-0.15, -0.1) is 0 Å². The number of carboxylic acid groups (broad SMARTS) is 1. The molecule has 2 heterocycles. The van der Waals surface area contributed by atoms with Crippen LogP contribution in [0.2, 0.25) is 0 Å². The number of hydrogen-bond acceptors (Lipinski definition) is 4. The van der Waals surface area contributed by atoms with Gasteiger partial charge >= 0.3 is 5.97 Å². The van der Waals surface area contributed by atoms with Crippen LogP contribution >= 0.6 is 0 Å². The first-order chi connectivity index (χ1) is 8.84. The van der Waals surface area contributed by atoms with E-state index >= 15 is 0 Å². The number of nitrogens with zero attached hydrogens (tertiary/aromatic N) is 1. The van der Waals surface area contributed by atoms with E-state index in [2.05, 4.69) is 0 Å². The highest BCUT2D eigenvalue weighted by Gasteiger charge is 2.56. The van der Waals surface area contributed by atoms with Crippen molar-refractivity contribution in [1.82, 2.24) is 4.90 Å². The molecule has 1 saturated heterocycles. The third-order valence-corrected chi connectivity index (χ3v) is 3.41. The summed E-state index contributed by atoms with van der Waals surface area (Å²) >= 11 is 0. The molecule has 7 heteroatoms. The Labute approximate surface area is 109 Å². The van der Waals surface area contributed by atoms with Gasteiger partial charge in [-0.3, -0.25) is 9.59 Å². The first-order valence-corrected chi connectivity index (χ1v) is 5.79. The molecule has 0 aromatic heterocycles. The second-order valence-corrected chi connectivity index (χ2v) is 4.66. The zero-order chi connectivity index (χ0) is 14.3. The van der Waals surface area contributed by atoms with Crippen LogP contribution in [0.15, 0.2) is 23.4 Å². The molecular formula is C12H14N2O5. The Balaban J connectivity index is 2.32.